The van der Waals surface area contributed by atoms with Gasteiger partial charge in [-0.15, -0.1) is 22.7 Å². The van der Waals surface area contributed by atoms with Gasteiger partial charge in [0.05, 0.1) is 41.5 Å². The Hall–Kier alpha value is -3.58. The molecule has 0 saturated heterocycles. The molecular formula is C27H26N4O5S3. The molecule has 0 aliphatic carbocycles. The number of thiazole rings is 2. The number of methoxy groups -OCH3 is 1. The number of carbonyl (C=O) groups is 1. The minimum absolute atomic E-state index is 0.0215. The molecule has 3 aromatic heterocycles. The highest BCUT2D eigenvalue weighted by Crippen LogP contribution is 2.22. The zero-order chi connectivity index (χ0) is 27.2. The third-order valence-electron chi connectivity index (χ3n) is 6.20. The van der Waals surface area contributed by atoms with Crippen molar-refractivity contribution in [2.75, 3.05) is 13.7 Å². The van der Waals surface area contributed by atoms with Gasteiger partial charge in [-0.2, -0.15) is 4.72 Å². The molecule has 5 rings (SSSR count). The molecule has 0 bridgehead atoms. The van der Waals surface area contributed by atoms with Gasteiger partial charge in [0.2, 0.25) is 15.9 Å². The molecule has 0 unspecified atom stereocenters. The number of aromatic nitrogens is 2. The topological polar surface area (TPSA) is 115 Å². The lowest BCUT2D eigenvalue weighted by Gasteiger charge is -2.27. The van der Waals surface area contributed by atoms with Crippen molar-refractivity contribution in [2.24, 2.45) is 0 Å². The van der Waals surface area contributed by atoms with Crippen LogP contribution in [-0.4, -0.2) is 48.9 Å². The number of fused-ring (bicyclic) bond motifs is 1. The van der Waals surface area contributed by atoms with Crippen molar-refractivity contribution in [2.45, 2.75) is 30.3 Å². The molecule has 5 aromatic rings. The molecule has 1 atom stereocenters. The maximum absolute atomic E-state index is 14.0. The van der Waals surface area contributed by atoms with E-state index < -0.39 is 16.1 Å². The fourth-order valence-corrected chi connectivity index (χ4v) is 6.52. The van der Waals surface area contributed by atoms with Crippen molar-refractivity contribution in [3.05, 3.63) is 93.5 Å². The van der Waals surface area contributed by atoms with E-state index in [0.717, 1.165) is 21.6 Å². The summed E-state index contributed by atoms with van der Waals surface area (Å²) in [6, 6.07) is 13.0. The second-order valence-corrected chi connectivity index (χ2v) is 12.2. The van der Waals surface area contributed by atoms with Gasteiger partial charge in [-0.1, -0.05) is 12.1 Å². The molecule has 12 heteroatoms. The van der Waals surface area contributed by atoms with Crippen molar-refractivity contribution < 1.29 is 22.4 Å². The molecular weight excluding hydrogens is 557 g/mol. The first-order valence-corrected chi connectivity index (χ1v) is 15.4. The number of sulfonamides is 1. The normalized spacial score (nSPS) is 12.4. The van der Waals surface area contributed by atoms with E-state index in [2.05, 4.69) is 14.7 Å². The van der Waals surface area contributed by atoms with Crippen molar-refractivity contribution in [3.8, 4) is 5.75 Å². The van der Waals surface area contributed by atoms with Crippen LogP contribution in [0.4, 0.5) is 0 Å². The van der Waals surface area contributed by atoms with Crippen LogP contribution >= 0.6 is 22.7 Å². The van der Waals surface area contributed by atoms with E-state index in [9.17, 15) is 13.2 Å². The van der Waals surface area contributed by atoms with Gasteiger partial charge in [0.25, 0.3) is 0 Å². The first-order valence-electron chi connectivity index (χ1n) is 12.1. The van der Waals surface area contributed by atoms with Gasteiger partial charge in [-0.3, -0.25) is 9.78 Å². The fraction of sp³-hybridized carbons (Fsp3) is 0.222. The van der Waals surface area contributed by atoms with Gasteiger partial charge in [0, 0.05) is 40.9 Å². The van der Waals surface area contributed by atoms with Crippen molar-refractivity contribution in [3.63, 3.8) is 0 Å². The Labute approximate surface area is 234 Å². The van der Waals surface area contributed by atoms with Crippen LogP contribution in [0.15, 0.2) is 86.7 Å². The van der Waals surface area contributed by atoms with Crippen LogP contribution in [0, 0.1) is 0 Å². The predicted molar refractivity (Wildman–Crippen MR) is 150 cm³/mol. The van der Waals surface area contributed by atoms with E-state index in [1.807, 2.05) is 29.6 Å². The Balaban J connectivity index is 1.41. The molecule has 0 fully saturated rings. The Bertz CT molecular complexity index is 1620. The Kier molecular flexibility index (Phi) is 8.36. The van der Waals surface area contributed by atoms with Crippen LogP contribution in [0.5, 0.6) is 5.75 Å². The standard InChI is InChI=1S/C27H26N4O5S3/c1-35-22-5-2-19(3-6-22)8-10-31(15-23-14-28-17-38-23)27(32)25(12-21-16-37-18-29-21)30-39(33,34)24-7-4-20-9-11-36-26(20)13-24/h2-7,9,11,13-14,16-18,25,30H,8,10,12,15H2,1H3/t25-/m0/s1. The summed E-state index contributed by atoms with van der Waals surface area (Å²) in [7, 11) is -2.44. The summed E-state index contributed by atoms with van der Waals surface area (Å²) in [6.07, 6.45) is 3.92. The quantitative estimate of drug-likeness (QED) is 0.230. The average molecular weight is 583 g/mol. The third kappa shape index (κ3) is 6.71. The fourth-order valence-electron chi connectivity index (χ4n) is 4.14. The van der Waals surface area contributed by atoms with Crippen molar-refractivity contribution in [1.29, 1.82) is 0 Å². The van der Waals surface area contributed by atoms with Crippen LogP contribution in [0.25, 0.3) is 11.0 Å². The number of benzene rings is 2. The van der Waals surface area contributed by atoms with E-state index in [0.29, 0.717) is 30.8 Å². The zero-order valence-corrected chi connectivity index (χ0v) is 23.5. The van der Waals surface area contributed by atoms with E-state index in [4.69, 9.17) is 9.15 Å². The molecule has 2 aromatic carbocycles. The molecule has 1 N–H and O–H groups in total. The number of nitrogens with zero attached hydrogens (tertiary/aromatic N) is 3. The predicted octanol–water partition coefficient (Wildman–Crippen LogP) is 4.52. The van der Waals surface area contributed by atoms with Gasteiger partial charge in [0.15, 0.2) is 0 Å². The summed E-state index contributed by atoms with van der Waals surface area (Å²) in [5, 5.41) is 2.60. The highest BCUT2D eigenvalue weighted by molar-refractivity contribution is 7.89. The van der Waals surface area contributed by atoms with E-state index in [-0.39, 0.29) is 17.2 Å². The van der Waals surface area contributed by atoms with Crippen LogP contribution < -0.4 is 9.46 Å². The molecule has 0 aliphatic rings. The lowest BCUT2D eigenvalue weighted by atomic mass is 10.1. The zero-order valence-electron chi connectivity index (χ0n) is 21.0. The maximum atomic E-state index is 14.0. The third-order valence-corrected chi connectivity index (χ3v) is 9.07. The Morgan fingerprint density at radius 3 is 2.72 bits per heavy atom. The lowest BCUT2D eigenvalue weighted by molar-refractivity contribution is -0.133. The molecule has 0 aliphatic heterocycles. The van der Waals surface area contributed by atoms with Crippen LogP contribution in [0.1, 0.15) is 16.1 Å². The maximum Gasteiger partial charge on any atom is 0.241 e. The Morgan fingerprint density at radius 1 is 1.15 bits per heavy atom. The van der Waals surface area contributed by atoms with Gasteiger partial charge >= 0.3 is 0 Å². The summed E-state index contributed by atoms with van der Waals surface area (Å²) in [5.41, 5.74) is 5.49. The van der Waals surface area contributed by atoms with E-state index in [1.165, 1.54) is 41.1 Å². The number of hydrogen-bond acceptors (Lipinski definition) is 9. The molecule has 0 radical (unpaired) electrons. The Morgan fingerprint density at radius 2 is 2.00 bits per heavy atom. The number of hydrogen-bond donors (Lipinski definition) is 1. The second-order valence-electron chi connectivity index (χ2n) is 8.80. The minimum atomic E-state index is -4.05. The first kappa shape index (κ1) is 27.0. The first-order chi connectivity index (χ1) is 18.9. The SMILES string of the molecule is COc1ccc(CCN(Cc2cncs2)C(=O)[C@H](Cc2cscn2)NS(=O)(=O)c2ccc3ccoc3c2)cc1. The molecule has 3 heterocycles. The lowest BCUT2D eigenvalue weighted by Crippen LogP contribution is -2.50. The summed E-state index contributed by atoms with van der Waals surface area (Å²) in [5.74, 6) is 0.411. The smallest absolute Gasteiger partial charge is 0.241 e. The summed E-state index contributed by atoms with van der Waals surface area (Å²) in [4.78, 5) is 25.0. The second kappa shape index (κ2) is 12.1. The van der Waals surface area contributed by atoms with Crippen molar-refractivity contribution >= 4 is 49.6 Å². The van der Waals surface area contributed by atoms with E-state index in [1.54, 1.807) is 41.4 Å². The minimum Gasteiger partial charge on any atom is -0.497 e. The molecule has 0 spiro atoms. The number of carbonyl (C=O) groups excluding carboxylic acids is 1. The highest BCUT2D eigenvalue weighted by atomic mass is 32.2. The van der Waals surface area contributed by atoms with E-state index >= 15 is 0 Å². The monoisotopic (exact) mass is 582 g/mol. The number of ether oxygens (including phenoxy) is 1. The van der Waals surface area contributed by atoms with Crippen molar-refractivity contribution in [1.82, 2.24) is 19.6 Å². The van der Waals surface area contributed by atoms with Gasteiger partial charge in [-0.05, 0) is 42.3 Å². The highest BCUT2D eigenvalue weighted by Gasteiger charge is 2.31. The summed E-state index contributed by atoms with van der Waals surface area (Å²) < 4.78 is 40.2. The summed E-state index contributed by atoms with van der Waals surface area (Å²) >= 11 is 2.83. The molecule has 0 saturated carbocycles. The van der Waals surface area contributed by atoms with Crippen LogP contribution in [0.3, 0.4) is 0 Å². The largest absolute Gasteiger partial charge is 0.497 e. The molecule has 39 heavy (non-hydrogen) atoms. The molecule has 1 amide bonds. The average Bonchev–Trinajstić information content (AvgIpc) is 3.73. The number of amides is 1. The number of nitrogens with one attached hydrogen (secondary N) is 1. The van der Waals surface area contributed by atoms with Crippen LogP contribution in [-0.2, 0) is 34.2 Å². The van der Waals surface area contributed by atoms with Gasteiger partial charge in [0.1, 0.15) is 17.4 Å². The van der Waals surface area contributed by atoms with Gasteiger partial charge in [-0.25, -0.2) is 13.4 Å². The van der Waals surface area contributed by atoms with Crippen LogP contribution in [0.2, 0.25) is 0 Å². The summed E-state index contributed by atoms with van der Waals surface area (Å²) in [6.45, 7) is 0.698. The number of rotatable bonds is 12. The number of furan rings is 1. The molecule has 202 valence electrons. The molecule has 9 nitrogen and oxygen atoms in total. The van der Waals surface area contributed by atoms with Gasteiger partial charge < -0.3 is 14.1 Å².